The number of hydrogen-bond acceptors (Lipinski definition) is 4. The molecule has 0 aliphatic carbocycles. The largest absolute Gasteiger partial charge is 0.481 e. The zero-order valence-corrected chi connectivity index (χ0v) is 14.7. The van der Waals surface area contributed by atoms with Crippen LogP contribution in [-0.2, 0) is 9.59 Å². The molecule has 0 bridgehead atoms. The Hall–Kier alpha value is -1.14. The lowest BCUT2D eigenvalue weighted by molar-refractivity contribution is -0.151. The van der Waals surface area contributed by atoms with E-state index < -0.39 is 17.4 Å². The van der Waals surface area contributed by atoms with Crippen LogP contribution < -0.4 is 0 Å². The number of aliphatic carboxylic acids is 2. The molecule has 0 heterocycles. The van der Waals surface area contributed by atoms with Crippen LogP contribution in [0.15, 0.2) is 0 Å². The molecule has 0 unspecified atom stereocenters. The molecular weight excluding hydrogens is 312 g/mol. The number of aliphatic hydroxyl groups excluding tert-OH is 2. The first kappa shape index (κ1) is 22.9. The third kappa shape index (κ3) is 10.6. The Morgan fingerprint density at radius 1 is 0.625 bits per heavy atom. The first-order chi connectivity index (χ1) is 11.5. The van der Waals surface area contributed by atoms with Crippen LogP contribution >= 0.6 is 0 Å². The van der Waals surface area contributed by atoms with E-state index in [1.165, 1.54) is 0 Å². The number of carboxylic acids is 2. The van der Waals surface area contributed by atoms with E-state index in [9.17, 15) is 14.7 Å². The highest BCUT2D eigenvalue weighted by Gasteiger charge is 2.36. The van der Waals surface area contributed by atoms with Crippen LogP contribution in [0, 0.1) is 5.41 Å². The van der Waals surface area contributed by atoms with Crippen LogP contribution in [0.1, 0.15) is 83.5 Å². The minimum atomic E-state index is -0.774. The normalized spacial score (nSPS) is 11.6. The van der Waals surface area contributed by atoms with Crippen molar-refractivity contribution < 1.29 is 30.0 Å². The molecule has 0 radical (unpaired) electrons. The summed E-state index contributed by atoms with van der Waals surface area (Å²) in [4.78, 5) is 22.3. The third-order valence-corrected chi connectivity index (χ3v) is 4.63. The Kier molecular flexibility index (Phi) is 13.5. The molecule has 0 aliphatic rings. The van der Waals surface area contributed by atoms with Gasteiger partial charge in [-0.3, -0.25) is 9.59 Å². The standard InChI is InChI=1S/C18H34O6/c19-14-8-6-12-18(17(23)24,13-7-9-15-20)11-5-3-1-2-4-10-16(21)22/h19-20H,1-15H2,(H,21,22)(H,23,24). The molecule has 0 atom stereocenters. The minimum absolute atomic E-state index is 0.0793. The van der Waals surface area contributed by atoms with E-state index in [0.717, 1.165) is 25.7 Å². The number of carbonyl (C=O) groups is 2. The summed E-state index contributed by atoms with van der Waals surface area (Å²) in [5.74, 6) is -1.54. The van der Waals surface area contributed by atoms with Gasteiger partial charge in [-0.05, 0) is 38.5 Å². The maximum atomic E-state index is 11.9. The second kappa shape index (κ2) is 14.2. The summed E-state index contributed by atoms with van der Waals surface area (Å²) in [6.07, 6.45) is 8.74. The minimum Gasteiger partial charge on any atom is -0.481 e. The molecule has 0 rings (SSSR count). The highest BCUT2D eigenvalue weighted by molar-refractivity contribution is 5.74. The Morgan fingerprint density at radius 3 is 1.46 bits per heavy atom. The molecule has 0 amide bonds. The fourth-order valence-corrected chi connectivity index (χ4v) is 3.12. The van der Waals surface area contributed by atoms with Gasteiger partial charge in [0.2, 0.25) is 0 Å². The summed E-state index contributed by atoms with van der Waals surface area (Å²) in [6.45, 7) is 0.159. The van der Waals surface area contributed by atoms with Crippen molar-refractivity contribution in [1.29, 1.82) is 0 Å². The highest BCUT2D eigenvalue weighted by Crippen LogP contribution is 2.37. The van der Waals surface area contributed by atoms with Gasteiger partial charge >= 0.3 is 11.9 Å². The summed E-state index contributed by atoms with van der Waals surface area (Å²) in [5.41, 5.74) is -0.759. The summed E-state index contributed by atoms with van der Waals surface area (Å²) in [6, 6.07) is 0. The average Bonchev–Trinajstić information content (AvgIpc) is 2.53. The van der Waals surface area contributed by atoms with Gasteiger partial charge in [0.15, 0.2) is 0 Å². The van der Waals surface area contributed by atoms with E-state index in [-0.39, 0.29) is 19.6 Å². The lowest BCUT2D eigenvalue weighted by atomic mass is 9.74. The SMILES string of the molecule is O=C(O)CCCCCCCC(CCCCO)(CCCCO)C(=O)O. The average molecular weight is 346 g/mol. The lowest BCUT2D eigenvalue weighted by Crippen LogP contribution is -2.31. The van der Waals surface area contributed by atoms with Crippen molar-refractivity contribution in [2.45, 2.75) is 83.5 Å². The summed E-state index contributed by atoms with van der Waals surface area (Å²) in [5, 5.41) is 36.2. The molecule has 0 fully saturated rings. The van der Waals surface area contributed by atoms with Crippen molar-refractivity contribution in [2.75, 3.05) is 13.2 Å². The van der Waals surface area contributed by atoms with Crippen molar-refractivity contribution in [2.24, 2.45) is 5.41 Å². The molecule has 6 nitrogen and oxygen atoms in total. The zero-order valence-electron chi connectivity index (χ0n) is 14.7. The van der Waals surface area contributed by atoms with Crippen LogP contribution in [0.4, 0.5) is 0 Å². The van der Waals surface area contributed by atoms with Gasteiger partial charge in [-0.15, -0.1) is 0 Å². The van der Waals surface area contributed by atoms with E-state index in [2.05, 4.69) is 0 Å². The Balaban J connectivity index is 4.33. The quantitative estimate of drug-likeness (QED) is 0.301. The third-order valence-electron chi connectivity index (χ3n) is 4.63. The van der Waals surface area contributed by atoms with Gasteiger partial charge in [0.1, 0.15) is 0 Å². The van der Waals surface area contributed by atoms with Crippen molar-refractivity contribution in [3.05, 3.63) is 0 Å². The van der Waals surface area contributed by atoms with Gasteiger partial charge in [-0.25, -0.2) is 0 Å². The van der Waals surface area contributed by atoms with Crippen LogP contribution in [0.2, 0.25) is 0 Å². The topological polar surface area (TPSA) is 115 Å². The Morgan fingerprint density at radius 2 is 1.04 bits per heavy atom. The van der Waals surface area contributed by atoms with E-state index >= 15 is 0 Å². The summed E-state index contributed by atoms with van der Waals surface area (Å²) >= 11 is 0. The number of aliphatic hydroxyl groups is 2. The molecule has 0 spiro atoms. The number of unbranched alkanes of at least 4 members (excludes halogenated alkanes) is 6. The molecule has 24 heavy (non-hydrogen) atoms. The first-order valence-corrected chi connectivity index (χ1v) is 9.15. The van der Waals surface area contributed by atoms with E-state index in [1.54, 1.807) is 0 Å². The predicted molar refractivity (Wildman–Crippen MR) is 91.9 cm³/mol. The van der Waals surface area contributed by atoms with Crippen molar-refractivity contribution in [1.82, 2.24) is 0 Å². The molecule has 0 saturated heterocycles. The molecule has 4 N–H and O–H groups in total. The number of rotatable bonds is 17. The molecule has 0 saturated carbocycles. The Bertz CT molecular complexity index is 332. The second-order valence-corrected chi connectivity index (χ2v) is 6.61. The van der Waals surface area contributed by atoms with E-state index in [1.807, 2.05) is 0 Å². The van der Waals surface area contributed by atoms with Crippen molar-refractivity contribution in [3.63, 3.8) is 0 Å². The van der Waals surface area contributed by atoms with Gasteiger partial charge in [0.05, 0.1) is 5.41 Å². The molecule has 0 aromatic rings. The van der Waals surface area contributed by atoms with Gasteiger partial charge < -0.3 is 20.4 Å². The van der Waals surface area contributed by atoms with Gasteiger partial charge in [-0.1, -0.05) is 38.5 Å². The maximum Gasteiger partial charge on any atom is 0.309 e. The Labute approximate surface area is 144 Å². The van der Waals surface area contributed by atoms with Crippen molar-refractivity contribution >= 4 is 11.9 Å². The molecule has 0 aliphatic heterocycles. The molecule has 6 heteroatoms. The van der Waals surface area contributed by atoms with Crippen molar-refractivity contribution in [3.8, 4) is 0 Å². The molecular formula is C18H34O6. The number of carboxylic acid groups (broad SMARTS) is 2. The first-order valence-electron chi connectivity index (χ1n) is 9.15. The van der Waals surface area contributed by atoms with E-state index in [4.69, 9.17) is 15.3 Å². The highest BCUT2D eigenvalue weighted by atomic mass is 16.4. The molecule has 142 valence electrons. The van der Waals surface area contributed by atoms with Gasteiger partial charge in [0, 0.05) is 19.6 Å². The monoisotopic (exact) mass is 346 g/mol. The second-order valence-electron chi connectivity index (χ2n) is 6.61. The lowest BCUT2D eigenvalue weighted by Gasteiger charge is -2.30. The fourth-order valence-electron chi connectivity index (χ4n) is 3.12. The van der Waals surface area contributed by atoms with E-state index in [0.29, 0.717) is 51.4 Å². The van der Waals surface area contributed by atoms with Gasteiger partial charge in [-0.2, -0.15) is 0 Å². The molecule has 0 aromatic carbocycles. The maximum absolute atomic E-state index is 11.9. The smallest absolute Gasteiger partial charge is 0.309 e. The van der Waals surface area contributed by atoms with Crippen LogP contribution in [0.5, 0.6) is 0 Å². The molecule has 0 aromatic heterocycles. The van der Waals surface area contributed by atoms with Crippen LogP contribution in [0.25, 0.3) is 0 Å². The van der Waals surface area contributed by atoms with Crippen LogP contribution in [-0.4, -0.2) is 45.6 Å². The van der Waals surface area contributed by atoms with Gasteiger partial charge in [0.25, 0.3) is 0 Å². The fraction of sp³-hybridized carbons (Fsp3) is 0.889. The summed E-state index contributed by atoms with van der Waals surface area (Å²) in [7, 11) is 0. The zero-order chi connectivity index (χ0) is 18.3. The number of hydrogen-bond donors (Lipinski definition) is 4. The van der Waals surface area contributed by atoms with Crippen LogP contribution in [0.3, 0.4) is 0 Å². The predicted octanol–water partition coefficient (Wildman–Crippen LogP) is 3.20. The summed E-state index contributed by atoms with van der Waals surface area (Å²) < 4.78 is 0.